The summed E-state index contributed by atoms with van der Waals surface area (Å²) in [6.07, 6.45) is 5.14. The van der Waals surface area contributed by atoms with E-state index < -0.39 is 0 Å². The molecule has 0 aliphatic carbocycles. The average Bonchev–Trinajstić information content (AvgIpc) is 2.92. The van der Waals surface area contributed by atoms with E-state index in [1.807, 2.05) is 30.1 Å². The predicted molar refractivity (Wildman–Crippen MR) is 86.4 cm³/mol. The number of nitrogens with two attached hydrogens (primary N) is 1. The first-order chi connectivity index (χ1) is 10.2. The molecular formula is C16H23N5. The Balaban J connectivity index is 1.47. The molecule has 2 heterocycles. The molecule has 5 nitrogen and oxygen atoms in total. The van der Waals surface area contributed by atoms with Gasteiger partial charge in [-0.3, -0.25) is 9.58 Å². The Morgan fingerprint density at radius 1 is 1.10 bits per heavy atom. The molecule has 1 aliphatic heterocycles. The zero-order chi connectivity index (χ0) is 14.7. The molecule has 0 spiro atoms. The van der Waals surface area contributed by atoms with Crippen molar-refractivity contribution in [2.45, 2.75) is 6.42 Å². The van der Waals surface area contributed by atoms with Crippen molar-refractivity contribution in [3.63, 3.8) is 0 Å². The van der Waals surface area contributed by atoms with Gasteiger partial charge in [-0.2, -0.15) is 5.10 Å². The fourth-order valence-corrected chi connectivity index (χ4v) is 2.80. The zero-order valence-electron chi connectivity index (χ0n) is 12.6. The average molecular weight is 285 g/mol. The second-order valence-corrected chi connectivity index (χ2v) is 5.69. The Morgan fingerprint density at radius 3 is 2.43 bits per heavy atom. The fraction of sp³-hybridized carbons (Fsp3) is 0.438. The summed E-state index contributed by atoms with van der Waals surface area (Å²) in [5, 5.41) is 4.22. The van der Waals surface area contributed by atoms with Crippen LogP contribution in [0.25, 0.3) is 0 Å². The smallest absolute Gasteiger partial charge is 0.0522 e. The van der Waals surface area contributed by atoms with E-state index in [1.54, 1.807) is 0 Å². The second-order valence-electron chi connectivity index (χ2n) is 5.69. The number of hydrogen-bond acceptors (Lipinski definition) is 4. The first-order valence-electron chi connectivity index (χ1n) is 7.51. The minimum Gasteiger partial charge on any atom is -0.399 e. The van der Waals surface area contributed by atoms with E-state index in [9.17, 15) is 0 Å². The summed E-state index contributed by atoms with van der Waals surface area (Å²) in [7, 11) is 1.97. The molecule has 2 N–H and O–H groups in total. The Morgan fingerprint density at radius 2 is 1.81 bits per heavy atom. The fourth-order valence-electron chi connectivity index (χ4n) is 2.80. The number of nitrogens with zero attached hydrogens (tertiary/aromatic N) is 4. The summed E-state index contributed by atoms with van der Waals surface area (Å²) < 4.78 is 1.87. The molecule has 3 rings (SSSR count). The van der Waals surface area contributed by atoms with Crippen molar-refractivity contribution in [3.05, 3.63) is 42.2 Å². The van der Waals surface area contributed by atoms with Gasteiger partial charge in [-0.15, -0.1) is 0 Å². The number of piperazine rings is 1. The number of aryl methyl sites for hydroxylation is 1. The van der Waals surface area contributed by atoms with Gasteiger partial charge < -0.3 is 10.6 Å². The van der Waals surface area contributed by atoms with Crippen LogP contribution in [-0.2, 0) is 13.5 Å². The number of nitrogen functional groups attached to an aromatic ring is 1. The van der Waals surface area contributed by atoms with Crippen LogP contribution in [0.15, 0.2) is 36.7 Å². The molecule has 1 aromatic carbocycles. The lowest BCUT2D eigenvalue weighted by Gasteiger charge is -2.36. The van der Waals surface area contributed by atoms with Crippen LogP contribution in [-0.4, -0.2) is 47.4 Å². The Labute approximate surface area is 126 Å². The number of benzene rings is 1. The molecular weight excluding hydrogens is 262 g/mol. The van der Waals surface area contributed by atoms with Crippen LogP contribution < -0.4 is 10.6 Å². The van der Waals surface area contributed by atoms with Crippen LogP contribution in [0.5, 0.6) is 0 Å². The largest absolute Gasteiger partial charge is 0.399 e. The quantitative estimate of drug-likeness (QED) is 0.862. The van der Waals surface area contributed by atoms with Gasteiger partial charge in [-0.25, -0.2) is 0 Å². The molecule has 0 radical (unpaired) electrons. The first kappa shape index (κ1) is 13.9. The van der Waals surface area contributed by atoms with Crippen LogP contribution >= 0.6 is 0 Å². The molecule has 0 unspecified atom stereocenters. The summed E-state index contributed by atoms with van der Waals surface area (Å²) >= 11 is 0. The third-order valence-corrected chi connectivity index (χ3v) is 4.11. The molecule has 0 saturated carbocycles. The Kier molecular flexibility index (Phi) is 4.10. The van der Waals surface area contributed by atoms with Crippen molar-refractivity contribution < 1.29 is 0 Å². The maximum atomic E-state index is 5.74. The lowest BCUT2D eigenvalue weighted by Crippen LogP contribution is -2.46. The molecule has 1 aliphatic rings. The van der Waals surface area contributed by atoms with Gasteiger partial charge in [-0.1, -0.05) is 0 Å². The molecule has 21 heavy (non-hydrogen) atoms. The molecule has 2 aromatic rings. The maximum Gasteiger partial charge on any atom is 0.0522 e. The Bertz CT molecular complexity index is 567. The van der Waals surface area contributed by atoms with E-state index in [2.05, 4.69) is 33.2 Å². The van der Waals surface area contributed by atoms with E-state index in [1.165, 1.54) is 11.3 Å². The van der Waals surface area contributed by atoms with Gasteiger partial charge in [0.25, 0.3) is 0 Å². The van der Waals surface area contributed by atoms with Crippen molar-refractivity contribution in [3.8, 4) is 0 Å². The normalized spacial score (nSPS) is 16.3. The molecule has 0 amide bonds. The van der Waals surface area contributed by atoms with E-state index >= 15 is 0 Å². The SMILES string of the molecule is Cn1cc(CCN2CCN(c3ccc(N)cc3)CC2)cn1. The zero-order valence-corrected chi connectivity index (χ0v) is 12.6. The van der Waals surface area contributed by atoms with Crippen LogP contribution in [0.1, 0.15) is 5.56 Å². The van der Waals surface area contributed by atoms with E-state index in [0.29, 0.717) is 0 Å². The van der Waals surface area contributed by atoms with Gasteiger partial charge in [0.05, 0.1) is 6.20 Å². The highest BCUT2D eigenvalue weighted by Gasteiger charge is 2.16. The van der Waals surface area contributed by atoms with Crippen LogP contribution in [0.2, 0.25) is 0 Å². The molecule has 112 valence electrons. The predicted octanol–water partition coefficient (Wildman–Crippen LogP) is 1.37. The maximum absolute atomic E-state index is 5.74. The Hall–Kier alpha value is -2.01. The summed E-state index contributed by atoms with van der Waals surface area (Å²) in [6.45, 7) is 5.50. The van der Waals surface area contributed by atoms with Crippen molar-refractivity contribution in [2.24, 2.45) is 7.05 Å². The van der Waals surface area contributed by atoms with Gasteiger partial charge in [0.15, 0.2) is 0 Å². The van der Waals surface area contributed by atoms with Crippen LogP contribution in [0.3, 0.4) is 0 Å². The first-order valence-corrected chi connectivity index (χ1v) is 7.51. The third kappa shape index (κ3) is 3.55. The van der Waals surface area contributed by atoms with Gasteiger partial charge in [0.2, 0.25) is 0 Å². The molecule has 1 aromatic heterocycles. The summed E-state index contributed by atoms with van der Waals surface area (Å²) in [6, 6.07) is 8.18. The molecule has 0 bridgehead atoms. The number of rotatable bonds is 4. The number of anilines is 2. The van der Waals surface area contributed by atoms with Crippen molar-refractivity contribution in [1.29, 1.82) is 0 Å². The molecule has 1 fully saturated rings. The minimum absolute atomic E-state index is 0.828. The standard InChI is InChI=1S/C16H23N5/c1-19-13-14(12-18-19)6-7-20-8-10-21(11-9-20)16-4-2-15(17)3-5-16/h2-5,12-13H,6-11,17H2,1H3. The van der Waals surface area contributed by atoms with Crippen LogP contribution in [0.4, 0.5) is 11.4 Å². The number of hydrogen-bond donors (Lipinski definition) is 1. The third-order valence-electron chi connectivity index (χ3n) is 4.11. The minimum atomic E-state index is 0.828. The number of aromatic nitrogens is 2. The van der Waals surface area contributed by atoms with E-state index in [0.717, 1.165) is 44.8 Å². The van der Waals surface area contributed by atoms with E-state index in [-0.39, 0.29) is 0 Å². The highest BCUT2D eigenvalue weighted by molar-refractivity contribution is 5.53. The molecule has 1 saturated heterocycles. The molecule has 5 heteroatoms. The topological polar surface area (TPSA) is 50.3 Å². The highest BCUT2D eigenvalue weighted by atomic mass is 15.3. The van der Waals surface area contributed by atoms with Crippen LogP contribution in [0, 0.1) is 0 Å². The summed E-state index contributed by atoms with van der Waals surface area (Å²) in [4.78, 5) is 4.96. The van der Waals surface area contributed by atoms with Crippen molar-refractivity contribution in [2.75, 3.05) is 43.4 Å². The lowest BCUT2D eigenvalue weighted by molar-refractivity contribution is 0.261. The van der Waals surface area contributed by atoms with Gasteiger partial charge in [0, 0.05) is 57.3 Å². The summed E-state index contributed by atoms with van der Waals surface area (Å²) in [5.74, 6) is 0. The summed E-state index contributed by atoms with van der Waals surface area (Å²) in [5.41, 5.74) is 9.16. The van der Waals surface area contributed by atoms with E-state index in [4.69, 9.17) is 5.73 Å². The highest BCUT2D eigenvalue weighted by Crippen LogP contribution is 2.18. The monoisotopic (exact) mass is 285 g/mol. The van der Waals surface area contributed by atoms with Crippen molar-refractivity contribution >= 4 is 11.4 Å². The van der Waals surface area contributed by atoms with Gasteiger partial charge in [0.1, 0.15) is 0 Å². The molecule has 0 atom stereocenters. The van der Waals surface area contributed by atoms with Gasteiger partial charge >= 0.3 is 0 Å². The van der Waals surface area contributed by atoms with Gasteiger partial charge in [-0.05, 0) is 36.2 Å². The second kappa shape index (κ2) is 6.18. The lowest BCUT2D eigenvalue weighted by atomic mass is 10.2. The van der Waals surface area contributed by atoms with Crippen molar-refractivity contribution in [1.82, 2.24) is 14.7 Å².